The first kappa shape index (κ1) is 19.8. The molecule has 37 heavy (non-hydrogen) atoms. The molecule has 0 saturated carbocycles. The molecule has 4 aromatic heterocycles. The van der Waals surface area contributed by atoms with Crippen LogP contribution in [0.4, 0.5) is 0 Å². The molecule has 5 aromatic carbocycles. The van der Waals surface area contributed by atoms with Crippen LogP contribution in [-0.2, 0) is 0 Å². The van der Waals surface area contributed by atoms with Crippen LogP contribution < -0.4 is 0 Å². The molecule has 0 amide bonds. The zero-order valence-corrected chi connectivity index (χ0v) is 20.7. The van der Waals surface area contributed by atoms with E-state index in [1.807, 2.05) is 35.6 Å². The van der Waals surface area contributed by atoms with E-state index < -0.39 is 0 Å². The second kappa shape index (κ2) is 6.91. The molecule has 0 N–H and O–H groups in total. The molecule has 0 spiro atoms. The van der Waals surface area contributed by atoms with Crippen LogP contribution in [0, 0.1) is 0 Å². The summed E-state index contributed by atoms with van der Waals surface area (Å²) >= 11 is 8.48. The lowest BCUT2D eigenvalue weighted by atomic mass is 10.1. The van der Waals surface area contributed by atoms with E-state index in [-0.39, 0.29) is 0 Å². The molecule has 0 aliphatic carbocycles. The molecule has 4 heterocycles. The van der Waals surface area contributed by atoms with Crippen LogP contribution in [0.3, 0.4) is 0 Å². The molecule has 4 nitrogen and oxygen atoms in total. The number of fused-ring (bicyclic) bond motifs is 12. The van der Waals surface area contributed by atoms with E-state index in [0.29, 0.717) is 22.2 Å². The first-order valence-electron chi connectivity index (χ1n) is 12.0. The smallest absolute Gasteiger partial charge is 0.307 e. The Hall–Kier alpha value is -4.32. The van der Waals surface area contributed by atoms with Gasteiger partial charge in [-0.25, -0.2) is 0 Å². The number of hydrogen-bond donors (Lipinski definition) is 0. The number of hydrogen-bond acceptors (Lipinski definition) is 4. The number of oxazole rings is 1. The molecule has 6 heteroatoms. The average Bonchev–Trinajstić information content (AvgIpc) is 3.68. The summed E-state index contributed by atoms with van der Waals surface area (Å²) in [5.41, 5.74) is 4.89. The highest BCUT2D eigenvalue weighted by atomic mass is 35.5. The van der Waals surface area contributed by atoms with Crippen molar-refractivity contribution in [3.63, 3.8) is 0 Å². The molecule has 0 saturated heterocycles. The van der Waals surface area contributed by atoms with Crippen LogP contribution in [0.2, 0.25) is 5.02 Å². The van der Waals surface area contributed by atoms with E-state index in [9.17, 15) is 0 Å². The standard InChI is InChI=1S/C31H15ClN2O2S/c32-19-15-23-29(28-17-8-2-5-11-22(17)35-30(19)28)33-31(36-23)34-20-10-4-1-7-16(20)26-21(34)13-14-25-27(26)18-9-3-6-12-24(18)37-25/h1-15H. The lowest BCUT2D eigenvalue weighted by molar-refractivity contribution is 0.574. The maximum Gasteiger partial charge on any atom is 0.307 e. The van der Waals surface area contributed by atoms with Crippen molar-refractivity contribution in [2.24, 2.45) is 0 Å². The number of para-hydroxylation sites is 2. The lowest BCUT2D eigenvalue weighted by Gasteiger charge is -2.01. The van der Waals surface area contributed by atoms with Gasteiger partial charge in [-0.1, -0.05) is 66.2 Å². The molecule has 0 bridgehead atoms. The van der Waals surface area contributed by atoms with Gasteiger partial charge in [-0.15, -0.1) is 11.3 Å². The summed E-state index contributed by atoms with van der Waals surface area (Å²) in [5.74, 6) is 0. The Morgan fingerprint density at radius 2 is 1.43 bits per heavy atom. The van der Waals surface area contributed by atoms with Gasteiger partial charge in [0, 0.05) is 42.4 Å². The quantitative estimate of drug-likeness (QED) is 0.219. The van der Waals surface area contributed by atoms with Crippen LogP contribution in [0.25, 0.3) is 81.0 Å². The van der Waals surface area contributed by atoms with Gasteiger partial charge >= 0.3 is 6.01 Å². The maximum absolute atomic E-state index is 6.65. The fourth-order valence-corrected chi connectivity index (χ4v) is 7.15. The molecule has 0 aliphatic heterocycles. The number of thiophene rings is 1. The summed E-state index contributed by atoms with van der Waals surface area (Å²) in [6, 6.07) is 31.7. The van der Waals surface area contributed by atoms with E-state index in [2.05, 4.69) is 65.2 Å². The Labute approximate surface area is 217 Å². The van der Waals surface area contributed by atoms with E-state index in [0.717, 1.165) is 32.9 Å². The molecule has 0 atom stereocenters. The molecule has 174 valence electrons. The van der Waals surface area contributed by atoms with Gasteiger partial charge in [0.1, 0.15) is 11.1 Å². The van der Waals surface area contributed by atoms with Gasteiger partial charge in [-0.2, -0.15) is 4.98 Å². The summed E-state index contributed by atoms with van der Waals surface area (Å²) in [6.07, 6.45) is 0. The van der Waals surface area contributed by atoms with Crippen molar-refractivity contribution in [2.75, 3.05) is 0 Å². The highest BCUT2D eigenvalue weighted by Gasteiger charge is 2.23. The van der Waals surface area contributed by atoms with Gasteiger partial charge in [0.25, 0.3) is 0 Å². The third-order valence-corrected chi connectivity index (χ3v) is 8.73. The van der Waals surface area contributed by atoms with Crippen molar-refractivity contribution in [1.82, 2.24) is 9.55 Å². The van der Waals surface area contributed by atoms with Gasteiger partial charge in [0.15, 0.2) is 11.2 Å². The zero-order valence-electron chi connectivity index (χ0n) is 19.2. The van der Waals surface area contributed by atoms with Gasteiger partial charge in [-0.3, -0.25) is 4.57 Å². The molecule has 0 unspecified atom stereocenters. The fraction of sp³-hybridized carbons (Fsp3) is 0. The Morgan fingerprint density at radius 1 is 0.649 bits per heavy atom. The minimum absolute atomic E-state index is 0.508. The van der Waals surface area contributed by atoms with Crippen molar-refractivity contribution in [2.45, 2.75) is 0 Å². The van der Waals surface area contributed by atoms with Gasteiger partial charge in [-0.05, 0) is 30.3 Å². The fourth-order valence-electron chi connectivity index (χ4n) is 5.80. The Kier molecular flexibility index (Phi) is 3.70. The molecular weight excluding hydrogens is 500 g/mol. The topological polar surface area (TPSA) is 44.1 Å². The summed E-state index contributed by atoms with van der Waals surface area (Å²) in [7, 11) is 0. The predicted molar refractivity (Wildman–Crippen MR) is 154 cm³/mol. The number of nitrogens with zero attached hydrogens (tertiary/aromatic N) is 2. The first-order chi connectivity index (χ1) is 18.3. The van der Waals surface area contributed by atoms with Crippen molar-refractivity contribution in [1.29, 1.82) is 0 Å². The third-order valence-electron chi connectivity index (χ3n) is 7.32. The van der Waals surface area contributed by atoms with Crippen molar-refractivity contribution in [3.8, 4) is 6.01 Å². The highest BCUT2D eigenvalue weighted by Crippen LogP contribution is 2.44. The van der Waals surface area contributed by atoms with Crippen molar-refractivity contribution in [3.05, 3.63) is 96.0 Å². The number of furan rings is 1. The molecule has 0 fully saturated rings. The second-order valence-electron chi connectivity index (χ2n) is 9.29. The van der Waals surface area contributed by atoms with Crippen LogP contribution in [0.5, 0.6) is 0 Å². The van der Waals surface area contributed by atoms with Crippen LogP contribution >= 0.6 is 22.9 Å². The summed E-state index contributed by atoms with van der Waals surface area (Å²) in [4.78, 5) is 5.06. The van der Waals surface area contributed by atoms with Crippen LogP contribution in [0.15, 0.2) is 99.8 Å². The van der Waals surface area contributed by atoms with Gasteiger partial charge in [0.2, 0.25) is 0 Å². The zero-order chi connectivity index (χ0) is 24.2. The van der Waals surface area contributed by atoms with E-state index in [4.69, 9.17) is 25.4 Å². The van der Waals surface area contributed by atoms with Crippen LogP contribution in [0.1, 0.15) is 0 Å². The molecule has 9 rings (SSSR count). The average molecular weight is 515 g/mol. The molecule has 0 radical (unpaired) electrons. The Bertz CT molecular complexity index is 2390. The summed E-state index contributed by atoms with van der Waals surface area (Å²) < 4.78 is 17.2. The minimum Gasteiger partial charge on any atom is -0.454 e. The van der Waals surface area contributed by atoms with E-state index in [1.54, 1.807) is 6.07 Å². The van der Waals surface area contributed by atoms with Crippen LogP contribution in [-0.4, -0.2) is 9.55 Å². The molecule has 0 aliphatic rings. The number of benzene rings is 5. The summed E-state index contributed by atoms with van der Waals surface area (Å²) in [6.45, 7) is 0. The number of rotatable bonds is 1. The van der Waals surface area contributed by atoms with Crippen molar-refractivity contribution >= 4 is 98.0 Å². The maximum atomic E-state index is 6.65. The van der Waals surface area contributed by atoms with Gasteiger partial charge < -0.3 is 8.83 Å². The van der Waals surface area contributed by atoms with Crippen molar-refractivity contribution < 1.29 is 8.83 Å². The Morgan fingerprint density at radius 3 is 2.35 bits per heavy atom. The largest absolute Gasteiger partial charge is 0.454 e. The normalized spacial score (nSPS) is 12.5. The lowest BCUT2D eigenvalue weighted by Crippen LogP contribution is -1.93. The second-order valence-corrected chi connectivity index (χ2v) is 10.8. The third kappa shape index (κ3) is 2.50. The Balaban J connectivity index is 1.45. The number of aromatic nitrogens is 2. The summed E-state index contributed by atoms with van der Waals surface area (Å²) in [5, 5.41) is 7.28. The monoisotopic (exact) mass is 514 g/mol. The first-order valence-corrected chi connectivity index (χ1v) is 13.2. The predicted octanol–water partition coefficient (Wildman–Crippen LogP) is 9.85. The van der Waals surface area contributed by atoms with E-state index in [1.165, 1.54) is 30.9 Å². The molecule has 9 aromatic rings. The van der Waals surface area contributed by atoms with Gasteiger partial charge in [0.05, 0.1) is 21.4 Å². The molecular formula is C31H15ClN2O2S. The minimum atomic E-state index is 0.508. The SMILES string of the molecule is Clc1cc2oc(-n3c4ccccc4c4c5c(ccc43)sc3ccccc35)nc2c2c1oc1ccccc12. The van der Waals surface area contributed by atoms with E-state index >= 15 is 0 Å². The highest BCUT2D eigenvalue weighted by molar-refractivity contribution is 7.26. The number of halogens is 1.